The second kappa shape index (κ2) is 9.39. The van der Waals surface area contributed by atoms with Gasteiger partial charge in [0.05, 0.1) is 6.61 Å². The molecule has 2 heterocycles. The monoisotopic (exact) mass is 412 g/mol. The van der Waals surface area contributed by atoms with Gasteiger partial charge in [0.1, 0.15) is 42.7 Å². The van der Waals surface area contributed by atoms with Crippen LogP contribution in [0.3, 0.4) is 0 Å². The van der Waals surface area contributed by atoms with Gasteiger partial charge in [0.15, 0.2) is 18.5 Å². The molecule has 0 aromatic carbocycles. The molecule has 6 N–H and O–H groups in total. The van der Waals surface area contributed by atoms with E-state index in [0.717, 1.165) is 7.11 Å². The summed E-state index contributed by atoms with van der Waals surface area (Å²) >= 11 is 0. The van der Waals surface area contributed by atoms with Crippen LogP contribution in [0.15, 0.2) is 0 Å². The summed E-state index contributed by atoms with van der Waals surface area (Å²) < 4.78 is 25.2. The highest BCUT2D eigenvalue weighted by molar-refractivity contribution is 5.74. The van der Waals surface area contributed by atoms with Crippen molar-refractivity contribution in [3.63, 3.8) is 0 Å². The fourth-order valence-electron chi connectivity index (χ4n) is 3.16. The summed E-state index contributed by atoms with van der Waals surface area (Å²) in [7, 11) is 2.39. The summed E-state index contributed by atoms with van der Waals surface area (Å²) in [6.45, 7) is -0.216. The number of hydrogen-bond acceptors (Lipinski definition) is 11. The van der Waals surface area contributed by atoms with Gasteiger partial charge in [0.25, 0.3) is 0 Å². The molecular weight excluding hydrogens is 388 g/mol. The number of ether oxygens (including phenoxy) is 5. The number of hydrogen-bond donors (Lipinski definition) is 6. The minimum atomic E-state index is -1.85. The molecule has 4 unspecified atom stereocenters. The second-order valence-corrected chi connectivity index (χ2v) is 6.42. The zero-order valence-corrected chi connectivity index (χ0v) is 15.0. The standard InChI is InChI=1S/C15H24O13/c1-24-3-4-5(16)6(17)10(12(26-4)14(22)23)27-15-8(19)7(18)9(25-2)11(28-15)13(20)21/h4-12,15-19H,3H2,1-2H3,(H,20,21)(H,22,23)/t4-,5?,6-,7-,8?,9+,10-,11?,12?,15+/m0/s1. The SMILES string of the molecule is COC[C@@H]1OC(C(=O)O)[C@@H](O[C@@H]2OC(C(=O)O)[C@H](OC)[C@@H](O)C2O)[C@@H](O)C1O. The zero-order chi connectivity index (χ0) is 21.2. The Morgan fingerprint density at radius 1 is 0.821 bits per heavy atom. The Balaban J connectivity index is 2.23. The van der Waals surface area contributed by atoms with Crippen molar-refractivity contribution in [3.8, 4) is 0 Å². The van der Waals surface area contributed by atoms with Gasteiger partial charge in [-0.25, -0.2) is 9.59 Å². The number of carboxylic acid groups (broad SMARTS) is 2. The van der Waals surface area contributed by atoms with Crippen LogP contribution in [0.4, 0.5) is 0 Å². The van der Waals surface area contributed by atoms with E-state index in [1.165, 1.54) is 7.11 Å². The molecule has 0 spiro atoms. The van der Waals surface area contributed by atoms with Crippen molar-refractivity contribution < 1.29 is 63.9 Å². The van der Waals surface area contributed by atoms with Crippen LogP contribution in [0.5, 0.6) is 0 Å². The lowest BCUT2D eigenvalue weighted by Crippen LogP contribution is -2.66. The molecule has 0 amide bonds. The van der Waals surface area contributed by atoms with Crippen molar-refractivity contribution in [2.24, 2.45) is 0 Å². The summed E-state index contributed by atoms with van der Waals surface area (Å²) in [5.41, 5.74) is 0. The fraction of sp³-hybridized carbons (Fsp3) is 0.867. The maximum atomic E-state index is 11.5. The number of carboxylic acids is 2. The molecule has 13 nitrogen and oxygen atoms in total. The van der Waals surface area contributed by atoms with Gasteiger partial charge in [-0.3, -0.25) is 0 Å². The first-order valence-corrected chi connectivity index (χ1v) is 8.30. The molecule has 2 aliphatic rings. The van der Waals surface area contributed by atoms with Gasteiger partial charge >= 0.3 is 11.9 Å². The Labute approximate surface area is 158 Å². The van der Waals surface area contributed by atoms with E-state index in [2.05, 4.69) is 0 Å². The van der Waals surface area contributed by atoms with Crippen molar-refractivity contribution in [3.05, 3.63) is 0 Å². The molecule has 0 radical (unpaired) electrons. The maximum absolute atomic E-state index is 11.5. The highest BCUT2D eigenvalue weighted by Gasteiger charge is 2.53. The average molecular weight is 412 g/mol. The second-order valence-electron chi connectivity index (χ2n) is 6.42. The summed E-state index contributed by atoms with van der Waals surface area (Å²) in [5.74, 6) is -3.07. The predicted molar refractivity (Wildman–Crippen MR) is 84.2 cm³/mol. The van der Waals surface area contributed by atoms with E-state index in [0.29, 0.717) is 0 Å². The molecule has 0 aromatic heterocycles. The number of methoxy groups -OCH3 is 2. The molecule has 0 bridgehead atoms. The first-order valence-electron chi connectivity index (χ1n) is 8.30. The van der Waals surface area contributed by atoms with Crippen molar-refractivity contribution in [1.82, 2.24) is 0 Å². The van der Waals surface area contributed by atoms with E-state index in [9.17, 15) is 40.2 Å². The van der Waals surface area contributed by atoms with Gasteiger partial charge in [-0.15, -0.1) is 0 Å². The number of aliphatic carboxylic acids is 2. The Bertz CT molecular complexity index is 556. The maximum Gasteiger partial charge on any atom is 0.335 e. The van der Waals surface area contributed by atoms with Gasteiger partial charge in [-0.05, 0) is 0 Å². The smallest absolute Gasteiger partial charge is 0.335 e. The minimum absolute atomic E-state index is 0.216. The van der Waals surface area contributed by atoms with Crippen molar-refractivity contribution >= 4 is 11.9 Å². The number of rotatable bonds is 7. The lowest BCUT2D eigenvalue weighted by Gasteiger charge is -2.45. The van der Waals surface area contributed by atoms with Gasteiger partial charge in [0.2, 0.25) is 0 Å². The van der Waals surface area contributed by atoms with Crippen molar-refractivity contribution in [2.75, 3.05) is 20.8 Å². The number of aliphatic hydroxyl groups is 4. The van der Waals surface area contributed by atoms with Crippen LogP contribution in [-0.2, 0) is 33.3 Å². The lowest BCUT2D eigenvalue weighted by atomic mass is 9.94. The lowest BCUT2D eigenvalue weighted by molar-refractivity contribution is -0.336. The molecule has 2 fully saturated rings. The fourth-order valence-corrected chi connectivity index (χ4v) is 3.16. The van der Waals surface area contributed by atoms with Gasteiger partial charge in [0, 0.05) is 14.2 Å². The zero-order valence-electron chi connectivity index (χ0n) is 15.0. The quantitative estimate of drug-likeness (QED) is 0.237. The largest absolute Gasteiger partial charge is 0.479 e. The van der Waals surface area contributed by atoms with Crippen LogP contribution < -0.4 is 0 Å². The van der Waals surface area contributed by atoms with E-state index < -0.39 is 73.2 Å². The van der Waals surface area contributed by atoms with E-state index in [4.69, 9.17) is 23.7 Å². The molecule has 0 aromatic rings. The van der Waals surface area contributed by atoms with Crippen LogP contribution in [-0.4, -0.2) is 125 Å². The third kappa shape index (κ3) is 4.42. The molecule has 0 aliphatic carbocycles. The number of aliphatic hydroxyl groups excluding tert-OH is 4. The Hall–Kier alpha value is -1.42. The van der Waals surface area contributed by atoms with E-state index >= 15 is 0 Å². The normalized spacial score (nSPS) is 44.2. The van der Waals surface area contributed by atoms with Crippen LogP contribution >= 0.6 is 0 Å². The van der Waals surface area contributed by atoms with Crippen LogP contribution in [0.25, 0.3) is 0 Å². The first-order chi connectivity index (χ1) is 13.1. The Morgan fingerprint density at radius 2 is 1.36 bits per heavy atom. The van der Waals surface area contributed by atoms with E-state index in [1.807, 2.05) is 0 Å². The van der Waals surface area contributed by atoms with Gasteiger partial charge in [-0.1, -0.05) is 0 Å². The molecule has 2 saturated heterocycles. The van der Waals surface area contributed by atoms with Crippen LogP contribution in [0.2, 0.25) is 0 Å². The Kier molecular flexibility index (Phi) is 7.66. The van der Waals surface area contributed by atoms with Crippen LogP contribution in [0, 0.1) is 0 Å². The summed E-state index contributed by atoms with van der Waals surface area (Å²) in [6.07, 6.45) is -16.7. The van der Waals surface area contributed by atoms with Gasteiger partial charge < -0.3 is 54.3 Å². The average Bonchev–Trinajstić information content (AvgIpc) is 2.64. The third-order valence-corrected chi connectivity index (χ3v) is 4.61. The molecule has 28 heavy (non-hydrogen) atoms. The number of carbonyl (C=O) groups is 2. The molecule has 2 aliphatic heterocycles. The highest BCUT2D eigenvalue weighted by atomic mass is 16.7. The third-order valence-electron chi connectivity index (χ3n) is 4.61. The summed E-state index contributed by atoms with van der Waals surface area (Å²) in [6, 6.07) is 0. The summed E-state index contributed by atoms with van der Waals surface area (Å²) in [5, 5.41) is 59.2. The van der Waals surface area contributed by atoms with Gasteiger partial charge in [-0.2, -0.15) is 0 Å². The van der Waals surface area contributed by atoms with Crippen LogP contribution in [0.1, 0.15) is 0 Å². The van der Waals surface area contributed by atoms with E-state index in [1.54, 1.807) is 0 Å². The molecule has 10 atom stereocenters. The van der Waals surface area contributed by atoms with Crippen molar-refractivity contribution in [1.29, 1.82) is 0 Å². The molecular formula is C15H24O13. The topological polar surface area (TPSA) is 202 Å². The summed E-state index contributed by atoms with van der Waals surface area (Å²) in [4.78, 5) is 22.9. The predicted octanol–water partition coefficient (Wildman–Crippen LogP) is -3.86. The molecule has 13 heteroatoms. The van der Waals surface area contributed by atoms with Crippen molar-refractivity contribution in [2.45, 2.75) is 61.2 Å². The Morgan fingerprint density at radius 3 is 1.86 bits per heavy atom. The first kappa shape index (κ1) is 22.9. The molecule has 0 saturated carbocycles. The van der Waals surface area contributed by atoms with E-state index in [-0.39, 0.29) is 6.61 Å². The highest BCUT2D eigenvalue weighted by Crippen LogP contribution is 2.30. The molecule has 2 rings (SSSR count). The minimum Gasteiger partial charge on any atom is -0.479 e. The molecule has 162 valence electrons.